The average Bonchev–Trinajstić information content (AvgIpc) is 2.11. The van der Waals surface area contributed by atoms with Crippen LogP contribution in [0.1, 0.15) is 25.8 Å². The first-order valence-electron chi connectivity index (χ1n) is 4.66. The molecule has 1 unspecified atom stereocenters. The predicted molar refractivity (Wildman–Crippen MR) is 62.3 cm³/mol. The molecule has 0 radical (unpaired) electrons. The third-order valence-corrected chi connectivity index (χ3v) is 3.05. The van der Waals surface area contributed by atoms with Gasteiger partial charge in [0.2, 0.25) is 0 Å². The molecule has 0 spiro atoms. The summed E-state index contributed by atoms with van der Waals surface area (Å²) in [6.07, 6.45) is 1.14. The van der Waals surface area contributed by atoms with Crippen molar-refractivity contribution in [1.82, 2.24) is 0 Å². The van der Waals surface area contributed by atoms with Gasteiger partial charge in [0.15, 0.2) is 0 Å². The monoisotopic (exact) mass is 241 g/mol. The van der Waals surface area contributed by atoms with Gasteiger partial charge in [0.05, 0.1) is 0 Å². The maximum atomic E-state index is 3.52. The van der Waals surface area contributed by atoms with Crippen molar-refractivity contribution in [2.24, 2.45) is 0 Å². The number of hydrogen-bond acceptors (Lipinski definition) is 1. The zero-order valence-electron chi connectivity index (χ0n) is 8.39. The number of rotatable bonds is 3. The van der Waals surface area contributed by atoms with Crippen LogP contribution in [0.25, 0.3) is 0 Å². The van der Waals surface area contributed by atoms with E-state index in [1.807, 2.05) is 0 Å². The molecule has 0 fully saturated rings. The van der Waals surface area contributed by atoms with Crippen LogP contribution in [0.15, 0.2) is 22.7 Å². The summed E-state index contributed by atoms with van der Waals surface area (Å²) < 4.78 is 1.17. The Bertz CT molecular complexity index is 283. The van der Waals surface area contributed by atoms with Crippen LogP contribution in [0.4, 0.5) is 5.69 Å². The van der Waals surface area contributed by atoms with Crippen LogP contribution < -0.4 is 5.32 Å². The molecule has 1 atom stereocenters. The number of benzene rings is 1. The van der Waals surface area contributed by atoms with Gasteiger partial charge in [0.1, 0.15) is 0 Å². The van der Waals surface area contributed by atoms with E-state index in [4.69, 9.17) is 0 Å². The molecule has 0 heterocycles. The highest BCUT2D eigenvalue weighted by atomic mass is 79.9. The molecule has 13 heavy (non-hydrogen) atoms. The lowest BCUT2D eigenvalue weighted by molar-refractivity contribution is 0.764. The summed E-state index contributed by atoms with van der Waals surface area (Å²) in [6.45, 7) is 6.46. The Balaban J connectivity index is 2.73. The van der Waals surface area contributed by atoms with Crippen LogP contribution in [0.2, 0.25) is 0 Å². The van der Waals surface area contributed by atoms with Crippen LogP contribution in [0.3, 0.4) is 0 Å². The lowest BCUT2D eigenvalue weighted by atomic mass is 10.2. The molecule has 0 saturated carbocycles. The SMILES string of the molecule is CCC(C)Nc1ccc(C)c(Br)c1. The Morgan fingerprint density at radius 2 is 2.15 bits per heavy atom. The smallest absolute Gasteiger partial charge is 0.0353 e. The first kappa shape index (κ1) is 10.6. The molecule has 0 aromatic heterocycles. The molecular formula is C11H16BrN. The van der Waals surface area contributed by atoms with E-state index < -0.39 is 0 Å². The van der Waals surface area contributed by atoms with Crippen molar-refractivity contribution in [2.75, 3.05) is 5.32 Å². The number of anilines is 1. The molecule has 0 saturated heterocycles. The van der Waals surface area contributed by atoms with E-state index in [9.17, 15) is 0 Å². The molecular weight excluding hydrogens is 226 g/mol. The van der Waals surface area contributed by atoms with Crippen LogP contribution in [0, 0.1) is 6.92 Å². The quantitative estimate of drug-likeness (QED) is 0.845. The molecule has 0 aliphatic carbocycles. The first-order chi connectivity index (χ1) is 6.13. The zero-order valence-corrected chi connectivity index (χ0v) is 9.98. The normalized spacial score (nSPS) is 12.6. The van der Waals surface area contributed by atoms with Crippen LogP contribution >= 0.6 is 15.9 Å². The molecule has 0 amide bonds. The van der Waals surface area contributed by atoms with Crippen molar-refractivity contribution in [2.45, 2.75) is 33.2 Å². The lowest BCUT2D eigenvalue weighted by Gasteiger charge is -2.13. The molecule has 0 aliphatic rings. The maximum absolute atomic E-state index is 3.52. The van der Waals surface area contributed by atoms with Crippen molar-refractivity contribution < 1.29 is 0 Å². The van der Waals surface area contributed by atoms with E-state index in [1.165, 1.54) is 15.7 Å². The molecule has 1 rings (SSSR count). The van der Waals surface area contributed by atoms with Gasteiger partial charge in [-0.3, -0.25) is 0 Å². The van der Waals surface area contributed by atoms with Crippen molar-refractivity contribution in [3.8, 4) is 0 Å². The van der Waals surface area contributed by atoms with E-state index in [2.05, 4.69) is 60.2 Å². The minimum absolute atomic E-state index is 0.537. The summed E-state index contributed by atoms with van der Waals surface area (Å²) in [4.78, 5) is 0. The van der Waals surface area contributed by atoms with Gasteiger partial charge in [0.25, 0.3) is 0 Å². The number of nitrogens with one attached hydrogen (secondary N) is 1. The molecule has 0 bridgehead atoms. The van der Waals surface area contributed by atoms with Crippen molar-refractivity contribution in [1.29, 1.82) is 0 Å². The molecule has 1 nitrogen and oxygen atoms in total. The van der Waals surface area contributed by atoms with Crippen LogP contribution in [-0.4, -0.2) is 6.04 Å². The van der Waals surface area contributed by atoms with E-state index in [1.54, 1.807) is 0 Å². The fourth-order valence-corrected chi connectivity index (χ4v) is 1.45. The Morgan fingerprint density at radius 3 is 2.69 bits per heavy atom. The first-order valence-corrected chi connectivity index (χ1v) is 5.45. The Hall–Kier alpha value is -0.500. The van der Waals surface area contributed by atoms with Crippen LogP contribution in [0.5, 0.6) is 0 Å². The molecule has 1 aromatic carbocycles. The second-order valence-electron chi connectivity index (χ2n) is 3.42. The molecule has 1 aromatic rings. The molecule has 2 heteroatoms. The third-order valence-electron chi connectivity index (χ3n) is 2.20. The molecule has 0 aliphatic heterocycles. The van der Waals surface area contributed by atoms with Gasteiger partial charge in [-0.05, 0) is 38.0 Å². The summed E-state index contributed by atoms with van der Waals surface area (Å²) in [5.41, 5.74) is 2.46. The summed E-state index contributed by atoms with van der Waals surface area (Å²) in [5.74, 6) is 0. The van der Waals surface area contributed by atoms with Gasteiger partial charge in [-0.2, -0.15) is 0 Å². The van der Waals surface area contributed by atoms with Crippen molar-refractivity contribution in [3.63, 3.8) is 0 Å². The number of aryl methyl sites for hydroxylation is 1. The van der Waals surface area contributed by atoms with Gasteiger partial charge in [-0.15, -0.1) is 0 Å². The minimum Gasteiger partial charge on any atom is -0.383 e. The Labute approximate surface area is 88.7 Å². The number of hydrogen-bond donors (Lipinski definition) is 1. The second kappa shape index (κ2) is 4.66. The molecule has 72 valence electrons. The fraction of sp³-hybridized carbons (Fsp3) is 0.455. The fourth-order valence-electron chi connectivity index (χ4n) is 1.07. The lowest BCUT2D eigenvalue weighted by Crippen LogP contribution is -2.13. The highest BCUT2D eigenvalue weighted by Crippen LogP contribution is 2.21. The topological polar surface area (TPSA) is 12.0 Å². The van der Waals surface area contributed by atoms with Gasteiger partial charge >= 0.3 is 0 Å². The highest BCUT2D eigenvalue weighted by molar-refractivity contribution is 9.10. The number of halogens is 1. The van der Waals surface area contributed by atoms with Crippen LogP contribution in [-0.2, 0) is 0 Å². The summed E-state index contributed by atoms with van der Waals surface area (Å²) in [7, 11) is 0. The van der Waals surface area contributed by atoms with Crippen molar-refractivity contribution in [3.05, 3.63) is 28.2 Å². The standard InChI is InChI=1S/C11H16BrN/c1-4-9(3)13-10-6-5-8(2)11(12)7-10/h5-7,9,13H,4H2,1-3H3. The maximum Gasteiger partial charge on any atom is 0.0353 e. The van der Waals surface area contributed by atoms with Gasteiger partial charge in [-0.25, -0.2) is 0 Å². The van der Waals surface area contributed by atoms with E-state index in [0.29, 0.717) is 6.04 Å². The Morgan fingerprint density at radius 1 is 1.46 bits per heavy atom. The summed E-state index contributed by atoms with van der Waals surface area (Å²) in [6, 6.07) is 6.90. The average molecular weight is 242 g/mol. The summed E-state index contributed by atoms with van der Waals surface area (Å²) in [5, 5.41) is 3.43. The Kier molecular flexibility index (Phi) is 3.79. The third kappa shape index (κ3) is 3.03. The summed E-state index contributed by atoms with van der Waals surface area (Å²) >= 11 is 3.52. The zero-order chi connectivity index (χ0) is 9.84. The van der Waals surface area contributed by atoms with Gasteiger partial charge in [0, 0.05) is 16.2 Å². The minimum atomic E-state index is 0.537. The predicted octanol–water partition coefficient (Wildman–Crippen LogP) is 3.97. The van der Waals surface area contributed by atoms with Gasteiger partial charge in [-0.1, -0.05) is 28.9 Å². The van der Waals surface area contributed by atoms with E-state index in [-0.39, 0.29) is 0 Å². The largest absolute Gasteiger partial charge is 0.383 e. The van der Waals surface area contributed by atoms with Gasteiger partial charge < -0.3 is 5.32 Å². The molecule has 1 N–H and O–H groups in total. The van der Waals surface area contributed by atoms with Crippen molar-refractivity contribution >= 4 is 21.6 Å². The second-order valence-corrected chi connectivity index (χ2v) is 4.27. The van der Waals surface area contributed by atoms with E-state index in [0.717, 1.165) is 6.42 Å². The highest BCUT2D eigenvalue weighted by Gasteiger charge is 2.00. The van der Waals surface area contributed by atoms with E-state index >= 15 is 0 Å².